The third-order valence-electron chi connectivity index (χ3n) is 3.12. The Kier molecular flexibility index (Phi) is 3.99. The summed E-state index contributed by atoms with van der Waals surface area (Å²) in [5.74, 6) is -0.141. The van der Waals surface area contributed by atoms with Gasteiger partial charge in [-0.25, -0.2) is 9.78 Å². The molecular weight excluding hydrogens is 236 g/mol. The average Bonchev–Trinajstić information content (AvgIpc) is 2.86. The van der Waals surface area contributed by atoms with E-state index in [0.717, 1.165) is 43.1 Å². The number of anilines is 1. The van der Waals surface area contributed by atoms with Crippen molar-refractivity contribution in [3.63, 3.8) is 0 Å². The monoisotopic (exact) mass is 254 g/mol. The lowest BCUT2D eigenvalue weighted by molar-refractivity contribution is -0.142. The molecule has 94 valence electrons. The SMILES string of the molecule is CCc1csc(N2CCCCC2C(=O)OC)n1. The number of hydrogen-bond donors (Lipinski definition) is 0. The summed E-state index contributed by atoms with van der Waals surface area (Å²) in [6.07, 6.45) is 4.01. The molecule has 2 rings (SSSR count). The first-order chi connectivity index (χ1) is 8.26. The summed E-state index contributed by atoms with van der Waals surface area (Å²) in [6, 6.07) is -0.149. The van der Waals surface area contributed by atoms with Crippen LogP contribution in [-0.2, 0) is 16.0 Å². The van der Waals surface area contributed by atoms with Gasteiger partial charge < -0.3 is 9.64 Å². The molecule has 0 N–H and O–H groups in total. The summed E-state index contributed by atoms with van der Waals surface area (Å²) in [7, 11) is 1.45. The molecule has 4 nitrogen and oxygen atoms in total. The number of aromatic nitrogens is 1. The van der Waals surface area contributed by atoms with Crippen molar-refractivity contribution in [1.82, 2.24) is 4.98 Å². The van der Waals surface area contributed by atoms with Crippen LogP contribution in [0.15, 0.2) is 5.38 Å². The molecule has 1 fully saturated rings. The van der Waals surface area contributed by atoms with Gasteiger partial charge in [-0.15, -0.1) is 11.3 Å². The second-order valence-corrected chi connectivity index (χ2v) is 5.04. The van der Waals surface area contributed by atoms with Crippen molar-refractivity contribution in [2.45, 2.75) is 38.6 Å². The number of carbonyl (C=O) groups excluding carboxylic acids is 1. The molecule has 5 heteroatoms. The minimum absolute atomic E-state index is 0.141. The van der Waals surface area contributed by atoms with Gasteiger partial charge >= 0.3 is 5.97 Å². The van der Waals surface area contributed by atoms with E-state index in [1.807, 2.05) is 0 Å². The molecule has 0 aromatic carbocycles. The van der Waals surface area contributed by atoms with Gasteiger partial charge in [-0.2, -0.15) is 0 Å². The van der Waals surface area contributed by atoms with E-state index in [9.17, 15) is 4.79 Å². The van der Waals surface area contributed by atoms with Crippen molar-refractivity contribution < 1.29 is 9.53 Å². The highest BCUT2D eigenvalue weighted by atomic mass is 32.1. The third kappa shape index (κ3) is 2.60. The predicted molar refractivity (Wildman–Crippen MR) is 68.5 cm³/mol. The maximum atomic E-state index is 11.7. The van der Waals surface area contributed by atoms with E-state index in [0.29, 0.717) is 0 Å². The lowest BCUT2D eigenvalue weighted by Gasteiger charge is -2.33. The van der Waals surface area contributed by atoms with Gasteiger partial charge in [0.15, 0.2) is 5.13 Å². The highest BCUT2D eigenvalue weighted by Crippen LogP contribution is 2.28. The molecule has 0 bridgehead atoms. The first-order valence-corrected chi connectivity index (χ1v) is 6.93. The Balaban J connectivity index is 2.18. The Bertz CT molecular complexity index is 392. The number of carbonyl (C=O) groups is 1. The van der Waals surface area contributed by atoms with Gasteiger partial charge in [0.1, 0.15) is 6.04 Å². The Morgan fingerprint density at radius 1 is 1.65 bits per heavy atom. The second-order valence-electron chi connectivity index (χ2n) is 4.20. The smallest absolute Gasteiger partial charge is 0.328 e. The summed E-state index contributed by atoms with van der Waals surface area (Å²) in [5.41, 5.74) is 1.10. The van der Waals surface area contributed by atoms with Gasteiger partial charge in [0.25, 0.3) is 0 Å². The summed E-state index contributed by atoms with van der Waals surface area (Å²) in [5, 5.41) is 3.02. The first kappa shape index (κ1) is 12.4. The number of piperidine rings is 1. The Morgan fingerprint density at radius 3 is 3.12 bits per heavy atom. The van der Waals surface area contributed by atoms with E-state index in [1.54, 1.807) is 11.3 Å². The van der Waals surface area contributed by atoms with Crippen LogP contribution >= 0.6 is 11.3 Å². The van der Waals surface area contributed by atoms with Gasteiger partial charge in [-0.1, -0.05) is 6.92 Å². The summed E-state index contributed by atoms with van der Waals surface area (Å²) < 4.78 is 4.87. The summed E-state index contributed by atoms with van der Waals surface area (Å²) in [4.78, 5) is 18.4. The van der Waals surface area contributed by atoms with E-state index in [1.165, 1.54) is 7.11 Å². The van der Waals surface area contributed by atoms with Crippen LogP contribution in [0, 0.1) is 0 Å². The van der Waals surface area contributed by atoms with Crippen LogP contribution in [0.4, 0.5) is 5.13 Å². The van der Waals surface area contributed by atoms with Crippen LogP contribution in [0.5, 0.6) is 0 Å². The van der Waals surface area contributed by atoms with Crippen LogP contribution < -0.4 is 4.90 Å². The van der Waals surface area contributed by atoms with Crippen LogP contribution in [0.2, 0.25) is 0 Å². The zero-order chi connectivity index (χ0) is 12.3. The predicted octanol–water partition coefficient (Wildman–Crippen LogP) is 2.24. The van der Waals surface area contributed by atoms with Gasteiger partial charge in [-0.3, -0.25) is 0 Å². The second kappa shape index (κ2) is 5.49. The highest BCUT2D eigenvalue weighted by molar-refractivity contribution is 7.13. The maximum absolute atomic E-state index is 11.7. The maximum Gasteiger partial charge on any atom is 0.328 e. The molecule has 2 heterocycles. The lowest BCUT2D eigenvalue weighted by Crippen LogP contribution is -2.45. The van der Waals surface area contributed by atoms with Crippen LogP contribution in [-0.4, -0.2) is 30.6 Å². The molecule has 1 unspecified atom stereocenters. The molecular formula is C12H18N2O2S. The Morgan fingerprint density at radius 2 is 2.47 bits per heavy atom. The number of ether oxygens (including phenoxy) is 1. The number of rotatable bonds is 3. The number of aryl methyl sites for hydroxylation is 1. The number of nitrogens with zero attached hydrogens (tertiary/aromatic N) is 2. The fourth-order valence-electron chi connectivity index (χ4n) is 2.13. The van der Waals surface area contributed by atoms with Crippen molar-refractivity contribution >= 4 is 22.4 Å². The minimum Gasteiger partial charge on any atom is -0.467 e. The molecule has 1 atom stereocenters. The lowest BCUT2D eigenvalue weighted by atomic mass is 10.0. The Hall–Kier alpha value is -1.10. The largest absolute Gasteiger partial charge is 0.467 e. The third-order valence-corrected chi connectivity index (χ3v) is 4.05. The van der Waals surface area contributed by atoms with Crippen molar-refractivity contribution in [2.75, 3.05) is 18.6 Å². The fraction of sp³-hybridized carbons (Fsp3) is 0.667. The van der Waals surface area contributed by atoms with Crippen LogP contribution in [0.3, 0.4) is 0 Å². The number of thiazole rings is 1. The zero-order valence-corrected chi connectivity index (χ0v) is 11.1. The van der Waals surface area contributed by atoms with Crippen molar-refractivity contribution in [3.05, 3.63) is 11.1 Å². The van der Waals surface area contributed by atoms with Crippen molar-refractivity contribution in [2.24, 2.45) is 0 Å². The number of hydrogen-bond acceptors (Lipinski definition) is 5. The van der Waals surface area contributed by atoms with Gasteiger partial charge in [0, 0.05) is 11.9 Å². The number of methoxy groups -OCH3 is 1. The molecule has 0 saturated carbocycles. The van der Waals surface area contributed by atoms with Gasteiger partial charge in [0.2, 0.25) is 0 Å². The molecule has 0 radical (unpaired) electrons. The van der Waals surface area contributed by atoms with E-state index < -0.39 is 0 Å². The molecule has 0 amide bonds. The van der Waals surface area contributed by atoms with E-state index in [2.05, 4.69) is 22.2 Å². The quantitative estimate of drug-likeness (QED) is 0.776. The normalized spacial score (nSPS) is 20.4. The summed E-state index contributed by atoms with van der Waals surface area (Å²) in [6.45, 7) is 2.99. The van der Waals surface area contributed by atoms with Crippen LogP contribution in [0.25, 0.3) is 0 Å². The Labute approximate surface area is 106 Å². The zero-order valence-electron chi connectivity index (χ0n) is 10.3. The molecule has 17 heavy (non-hydrogen) atoms. The molecule has 0 spiro atoms. The van der Waals surface area contributed by atoms with Crippen molar-refractivity contribution in [1.29, 1.82) is 0 Å². The first-order valence-electron chi connectivity index (χ1n) is 6.05. The molecule has 1 saturated heterocycles. The fourth-order valence-corrected chi connectivity index (χ4v) is 3.12. The van der Waals surface area contributed by atoms with Crippen molar-refractivity contribution in [3.8, 4) is 0 Å². The van der Waals surface area contributed by atoms with E-state index in [4.69, 9.17) is 4.74 Å². The standard InChI is InChI=1S/C12H18N2O2S/c1-3-9-8-17-12(13-9)14-7-5-4-6-10(14)11(15)16-2/h8,10H,3-7H2,1-2H3. The molecule has 1 aliphatic rings. The molecule has 1 aromatic rings. The van der Waals surface area contributed by atoms with Gasteiger partial charge in [-0.05, 0) is 25.7 Å². The highest BCUT2D eigenvalue weighted by Gasteiger charge is 2.31. The molecule has 1 aromatic heterocycles. The molecule has 1 aliphatic heterocycles. The minimum atomic E-state index is -0.149. The van der Waals surface area contributed by atoms with Gasteiger partial charge in [0.05, 0.1) is 12.8 Å². The number of esters is 1. The summed E-state index contributed by atoms with van der Waals surface area (Å²) >= 11 is 1.62. The average molecular weight is 254 g/mol. The van der Waals surface area contributed by atoms with E-state index in [-0.39, 0.29) is 12.0 Å². The van der Waals surface area contributed by atoms with Crippen LogP contribution in [0.1, 0.15) is 31.9 Å². The molecule has 0 aliphatic carbocycles. The topological polar surface area (TPSA) is 42.4 Å². The van der Waals surface area contributed by atoms with E-state index >= 15 is 0 Å².